The Labute approximate surface area is 219 Å². The molecule has 3 aromatic carbocycles. The number of carbonyl (C=O) groups is 2. The number of piperidine rings is 1. The molecule has 1 aliphatic rings. The largest absolute Gasteiger partial charge is 0.342 e. The van der Waals surface area contributed by atoms with Gasteiger partial charge in [0.25, 0.3) is 5.91 Å². The molecule has 1 aromatic heterocycles. The number of Topliss-reactive ketones (excluding diaryl/α,β-unsaturated/α-hetero) is 1. The Kier molecular flexibility index (Phi) is 6.63. The Morgan fingerprint density at radius 2 is 1.62 bits per heavy atom. The minimum Gasteiger partial charge on any atom is -0.342 e. The van der Waals surface area contributed by atoms with Gasteiger partial charge in [0.1, 0.15) is 11.6 Å². The van der Waals surface area contributed by atoms with Crippen LogP contribution in [0.5, 0.6) is 0 Å². The van der Waals surface area contributed by atoms with Crippen LogP contribution in [0.2, 0.25) is 5.02 Å². The number of amides is 1. The van der Waals surface area contributed by atoms with Crippen LogP contribution < -0.4 is 0 Å². The van der Waals surface area contributed by atoms with Gasteiger partial charge in [-0.15, -0.1) is 0 Å². The minimum atomic E-state index is -0.650. The number of halogens is 3. The van der Waals surface area contributed by atoms with Crippen LogP contribution in [0.3, 0.4) is 0 Å². The molecule has 37 heavy (non-hydrogen) atoms. The Morgan fingerprint density at radius 3 is 2.30 bits per heavy atom. The number of nitrogens with zero attached hydrogens (tertiary/aromatic N) is 2. The lowest BCUT2D eigenvalue weighted by Crippen LogP contribution is -2.44. The average Bonchev–Trinajstić information content (AvgIpc) is 3.20. The summed E-state index contributed by atoms with van der Waals surface area (Å²) in [5.74, 6) is -1.36. The molecule has 0 N–H and O–H groups in total. The molecule has 2 heterocycles. The highest BCUT2D eigenvalue weighted by molar-refractivity contribution is 6.31. The monoisotopic (exact) mass is 520 g/mol. The van der Waals surface area contributed by atoms with Crippen LogP contribution in [0.1, 0.15) is 58.5 Å². The van der Waals surface area contributed by atoms with E-state index in [1.807, 2.05) is 35.2 Å². The van der Waals surface area contributed by atoms with E-state index in [0.717, 1.165) is 40.9 Å². The van der Waals surface area contributed by atoms with Crippen LogP contribution in [0.4, 0.5) is 8.78 Å². The second kappa shape index (κ2) is 9.75. The lowest BCUT2D eigenvalue weighted by molar-refractivity contribution is 0.0676. The maximum absolute atomic E-state index is 13.8. The molecule has 4 nitrogen and oxygen atoms in total. The van der Waals surface area contributed by atoms with E-state index in [4.69, 9.17) is 11.6 Å². The van der Waals surface area contributed by atoms with E-state index < -0.39 is 11.6 Å². The summed E-state index contributed by atoms with van der Waals surface area (Å²) < 4.78 is 29.4. The Morgan fingerprint density at radius 1 is 0.946 bits per heavy atom. The number of ketones is 1. The summed E-state index contributed by atoms with van der Waals surface area (Å²) in [6, 6.07) is 16.4. The summed E-state index contributed by atoms with van der Waals surface area (Å²) >= 11 is 6.25. The molecule has 0 aliphatic carbocycles. The Bertz CT molecular complexity index is 1500. The molecule has 1 aliphatic heterocycles. The number of hydrogen-bond acceptors (Lipinski definition) is 2. The summed E-state index contributed by atoms with van der Waals surface area (Å²) in [7, 11) is 0. The number of likely N-dealkylation sites (tertiary alicyclic amines) is 1. The maximum atomic E-state index is 13.8. The first-order chi connectivity index (χ1) is 17.6. The van der Waals surface area contributed by atoms with Crippen molar-refractivity contribution in [3.8, 4) is 0 Å². The number of rotatable bonds is 5. The van der Waals surface area contributed by atoms with E-state index in [1.165, 1.54) is 12.1 Å². The normalized spacial score (nSPS) is 15.2. The molecular formula is C30H27ClF2N2O2. The van der Waals surface area contributed by atoms with E-state index in [-0.39, 0.29) is 23.7 Å². The van der Waals surface area contributed by atoms with Crippen LogP contribution in [0.15, 0.2) is 66.9 Å². The third-order valence-corrected chi connectivity index (χ3v) is 7.70. The molecule has 4 aromatic rings. The molecule has 0 saturated carbocycles. The third kappa shape index (κ3) is 4.90. The van der Waals surface area contributed by atoms with Crippen molar-refractivity contribution < 1.29 is 18.4 Å². The lowest BCUT2D eigenvalue weighted by Gasteiger charge is -2.40. The van der Waals surface area contributed by atoms with Gasteiger partial charge in [-0.25, -0.2) is 8.78 Å². The third-order valence-electron chi connectivity index (χ3n) is 7.46. The van der Waals surface area contributed by atoms with Crippen LogP contribution in [-0.2, 0) is 12.0 Å². The SMILES string of the molecule is CC(=O)c1ccccc1C1(C)CCN(C(=O)c2cn(Cc3cc(F)cc(F)c3)c3cc(Cl)ccc23)CC1. The van der Waals surface area contributed by atoms with Crippen LogP contribution in [0.25, 0.3) is 10.9 Å². The average molecular weight is 521 g/mol. The highest BCUT2D eigenvalue weighted by Crippen LogP contribution is 2.38. The second-order valence-corrected chi connectivity index (χ2v) is 10.5. The zero-order valence-electron chi connectivity index (χ0n) is 20.7. The van der Waals surface area contributed by atoms with Gasteiger partial charge in [0.05, 0.1) is 11.1 Å². The van der Waals surface area contributed by atoms with Gasteiger partial charge in [0, 0.05) is 47.9 Å². The van der Waals surface area contributed by atoms with Gasteiger partial charge in [-0.3, -0.25) is 9.59 Å². The van der Waals surface area contributed by atoms with E-state index in [2.05, 4.69) is 6.92 Å². The number of fused-ring (bicyclic) bond motifs is 1. The van der Waals surface area contributed by atoms with Crippen molar-refractivity contribution in [1.29, 1.82) is 0 Å². The smallest absolute Gasteiger partial charge is 0.256 e. The van der Waals surface area contributed by atoms with Crippen molar-refractivity contribution >= 4 is 34.2 Å². The van der Waals surface area contributed by atoms with Crippen LogP contribution >= 0.6 is 11.6 Å². The van der Waals surface area contributed by atoms with Gasteiger partial charge < -0.3 is 9.47 Å². The van der Waals surface area contributed by atoms with Gasteiger partial charge >= 0.3 is 0 Å². The fourth-order valence-corrected chi connectivity index (χ4v) is 5.59. The quantitative estimate of drug-likeness (QED) is 0.265. The van der Waals surface area contributed by atoms with Crippen molar-refractivity contribution in [3.63, 3.8) is 0 Å². The Hall–Kier alpha value is -3.51. The predicted molar refractivity (Wildman–Crippen MR) is 141 cm³/mol. The molecule has 0 spiro atoms. The standard InChI is InChI=1S/C30H27ClF2N2O2/c1-19(36)24-5-3-4-6-27(24)30(2)9-11-34(12-10-30)29(37)26-18-35(28-15-21(31)7-8-25(26)28)17-20-13-22(32)16-23(33)14-20/h3-8,13-16,18H,9-12,17H2,1-2H3. The number of hydrogen-bond donors (Lipinski definition) is 0. The Balaban J connectivity index is 1.42. The zero-order valence-corrected chi connectivity index (χ0v) is 21.5. The summed E-state index contributed by atoms with van der Waals surface area (Å²) in [4.78, 5) is 27.8. The molecular weight excluding hydrogens is 494 g/mol. The van der Waals surface area contributed by atoms with Crippen molar-refractivity contribution in [2.45, 2.75) is 38.6 Å². The topological polar surface area (TPSA) is 42.3 Å². The predicted octanol–water partition coefficient (Wildman–Crippen LogP) is 7.02. The highest BCUT2D eigenvalue weighted by Gasteiger charge is 2.36. The molecule has 5 rings (SSSR count). The molecule has 190 valence electrons. The second-order valence-electron chi connectivity index (χ2n) is 10.1. The highest BCUT2D eigenvalue weighted by atomic mass is 35.5. The first kappa shape index (κ1) is 25.2. The maximum Gasteiger partial charge on any atom is 0.256 e. The number of aromatic nitrogens is 1. The molecule has 0 radical (unpaired) electrons. The fourth-order valence-electron chi connectivity index (χ4n) is 5.42. The van der Waals surface area contributed by atoms with Gasteiger partial charge in [-0.2, -0.15) is 0 Å². The van der Waals surface area contributed by atoms with E-state index in [0.29, 0.717) is 29.2 Å². The van der Waals surface area contributed by atoms with E-state index >= 15 is 0 Å². The molecule has 0 bridgehead atoms. The van der Waals surface area contributed by atoms with Gasteiger partial charge in [-0.1, -0.05) is 48.9 Å². The minimum absolute atomic E-state index is 0.0416. The summed E-state index contributed by atoms with van der Waals surface area (Å²) in [6.07, 6.45) is 3.21. The van der Waals surface area contributed by atoms with Gasteiger partial charge in [-0.05, 0) is 60.6 Å². The first-order valence-corrected chi connectivity index (χ1v) is 12.7. The van der Waals surface area contributed by atoms with Crippen molar-refractivity contribution in [2.24, 2.45) is 0 Å². The van der Waals surface area contributed by atoms with E-state index in [1.54, 1.807) is 29.8 Å². The number of carbonyl (C=O) groups excluding carboxylic acids is 2. The summed E-state index contributed by atoms with van der Waals surface area (Å²) in [5, 5.41) is 1.25. The molecule has 1 amide bonds. The van der Waals surface area contributed by atoms with Gasteiger partial charge in [0.2, 0.25) is 0 Å². The number of benzene rings is 3. The van der Waals surface area contributed by atoms with Crippen LogP contribution in [0, 0.1) is 11.6 Å². The molecule has 1 fully saturated rings. The van der Waals surface area contributed by atoms with Crippen molar-refractivity contribution in [3.05, 3.63) is 106 Å². The zero-order chi connectivity index (χ0) is 26.3. The van der Waals surface area contributed by atoms with Gasteiger partial charge in [0.15, 0.2) is 5.78 Å². The molecule has 0 unspecified atom stereocenters. The molecule has 7 heteroatoms. The first-order valence-electron chi connectivity index (χ1n) is 12.3. The lowest BCUT2D eigenvalue weighted by atomic mass is 9.72. The fraction of sp³-hybridized carbons (Fsp3) is 0.267. The summed E-state index contributed by atoms with van der Waals surface area (Å²) in [5.41, 5.74) is 3.25. The van der Waals surface area contributed by atoms with Crippen molar-refractivity contribution in [1.82, 2.24) is 9.47 Å². The van der Waals surface area contributed by atoms with Crippen LogP contribution in [-0.4, -0.2) is 34.2 Å². The molecule has 0 atom stereocenters. The van der Waals surface area contributed by atoms with E-state index in [9.17, 15) is 18.4 Å². The summed E-state index contributed by atoms with van der Waals surface area (Å²) in [6.45, 7) is 5.04. The molecule has 1 saturated heterocycles. The van der Waals surface area contributed by atoms with Crippen molar-refractivity contribution in [2.75, 3.05) is 13.1 Å².